The Morgan fingerprint density at radius 1 is 1.10 bits per heavy atom. The number of hydrogen-bond donors (Lipinski definition) is 1. The first-order chi connectivity index (χ1) is 14.0. The number of thioether (sulfide) groups is 1. The first-order valence-corrected chi connectivity index (χ1v) is 10.5. The van der Waals surface area contributed by atoms with E-state index in [4.69, 9.17) is 4.42 Å². The monoisotopic (exact) mass is 406 g/mol. The highest BCUT2D eigenvalue weighted by Crippen LogP contribution is 2.39. The largest absolute Gasteiger partial charge is 0.467 e. The Kier molecular flexibility index (Phi) is 5.45. The molecule has 29 heavy (non-hydrogen) atoms. The lowest BCUT2D eigenvalue weighted by Gasteiger charge is -2.23. The molecule has 1 aromatic heterocycles. The van der Waals surface area contributed by atoms with Crippen molar-refractivity contribution in [1.82, 2.24) is 4.90 Å². The zero-order valence-electron chi connectivity index (χ0n) is 16.3. The Labute approximate surface area is 174 Å². The van der Waals surface area contributed by atoms with E-state index in [0.29, 0.717) is 17.9 Å². The van der Waals surface area contributed by atoms with Gasteiger partial charge in [0.2, 0.25) is 5.91 Å². The Hall–Kier alpha value is -2.99. The van der Waals surface area contributed by atoms with Crippen LogP contribution in [0.15, 0.2) is 65.3 Å². The summed E-state index contributed by atoms with van der Waals surface area (Å²) in [6.45, 7) is 4.40. The average molecular weight is 407 g/mol. The van der Waals surface area contributed by atoms with Gasteiger partial charge in [-0.25, -0.2) is 0 Å². The molecule has 1 atom stereocenters. The fourth-order valence-corrected chi connectivity index (χ4v) is 4.66. The quantitative estimate of drug-likeness (QED) is 0.653. The second-order valence-corrected chi connectivity index (χ2v) is 8.18. The van der Waals surface area contributed by atoms with Crippen molar-refractivity contribution in [3.8, 4) is 0 Å². The van der Waals surface area contributed by atoms with E-state index >= 15 is 0 Å². The highest BCUT2D eigenvalue weighted by molar-refractivity contribution is 8.00. The topological polar surface area (TPSA) is 62.6 Å². The SMILES string of the molecule is Cc1cccc(C)c1NC(=O)c1ccc([C@@H]2SCC(=O)N2Cc2ccco2)cc1. The maximum absolute atomic E-state index is 12.7. The molecule has 0 bridgehead atoms. The molecule has 2 heterocycles. The Morgan fingerprint density at radius 3 is 2.48 bits per heavy atom. The van der Waals surface area contributed by atoms with E-state index in [1.165, 1.54) is 0 Å². The summed E-state index contributed by atoms with van der Waals surface area (Å²) >= 11 is 1.59. The van der Waals surface area contributed by atoms with Crippen molar-refractivity contribution in [2.45, 2.75) is 25.8 Å². The summed E-state index contributed by atoms with van der Waals surface area (Å²) in [7, 11) is 0. The van der Waals surface area contributed by atoms with E-state index in [-0.39, 0.29) is 17.2 Å². The number of aryl methyl sites for hydroxylation is 2. The molecule has 3 aromatic rings. The van der Waals surface area contributed by atoms with Gasteiger partial charge < -0.3 is 14.6 Å². The van der Waals surface area contributed by atoms with E-state index in [9.17, 15) is 9.59 Å². The predicted molar refractivity (Wildman–Crippen MR) is 115 cm³/mol. The molecule has 6 heteroatoms. The summed E-state index contributed by atoms with van der Waals surface area (Å²) in [5.74, 6) is 1.15. The van der Waals surface area contributed by atoms with Crippen LogP contribution in [0.25, 0.3) is 0 Å². The van der Waals surface area contributed by atoms with Gasteiger partial charge in [-0.2, -0.15) is 0 Å². The highest BCUT2D eigenvalue weighted by Gasteiger charge is 2.33. The first-order valence-electron chi connectivity index (χ1n) is 9.44. The standard InChI is InChI=1S/C23H22N2O3S/c1-15-5-3-6-16(2)21(15)24-22(27)17-8-10-18(11-9-17)23-25(20(26)14-29-23)13-19-7-4-12-28-19/h3-12,23H,13-14H2,1-2H3,(H,24,27)/t23-/m0/s1. The third-order valence-corrected chi connectivity index (χ3v) is 6.31. The molecule has 0 unspecified atom stereocenters. The molecule has 1 aliphatic heterocycles. The summed E-state index contributed by atoms with van der Waals surface area (Å²) in [6.07, 6.45) is 1.61. The third-order valence-electron chi connectivity index (χ3n) is 5.05. The molecular formula is C23H22N2O3S. The Bertz CT molecular complexity index is 1010. The van der Waals surface area contributed by atoms with Crippen LogP contribution in [-0.4, -0.2) is 22.5 Å². The molecule has 1 fully saturated rings. The van der Waals surface area contributed by atoms with Crippen molar-refractivity contribution in [3.05, 3.63) is 88.9 Å². The average Bonchev–Trinajstić information content (AvgIpc) is 3.36. The maximum Gasteiger partial charge on any atom is 0.255 e. The van der Waals surface area contributed by atoms with Crippen molar-refractivity contribution < 1.29 is 14.0 Å². The van der Waals surface area contributed by atoms with Gasteiger partial charge in [0.15, 0.2) is 0 Å². The molecule has 4 rings (SSSR count). The minimum Gasteiger partial charge on any atom is -0.467 e. The van der Waals surface area contributed by atoms with Crippen LogP contribution in [0.4, 0.5) is 5.69 Å². The van der Waals surface area contributed by atoms with Gasteiger partial charge in [-0.3, -0.25) is 9.59 Å². The summed E-state index contributed by atoms with van der Waals surface area (Å²) < 4.78 is 5.40. The van der Waals surface area contributed by atoms with Gasteiger partial charge in [-0.05, 0) is 54.8 Å². The van der Waals surface area contributed by atoms with Gasteiger partial charge in [0, 0.05) is 11.3 Å². The van der Waals surface area contributed by atoms with Crippen LogP contribution in [-0.2, 0) is 11.3 Å². The predicted octanol–water partition coefficient (Wildman–Crippen LogP) is 4.92. The number of anilines is 1. The Balaban J connectivity index is 1.50. The summed E-state index contributed by atoms with van der Waals surface area (Å²) in [4.78, 5) is 26.8. The van der Waals surface area contributed by atoms with Crippen molar-refractivity contribution in [2.24, 2.45) is 0 Å². The van der Waals surface area contributed by atoms with E-state index < -0.39 is 0 Å². The van der Waals surface area contributed by atoms with Gasteiger partial charge in [0.05, 0.1) is 18.6 Å². The van der Waals surface area contributed by atoms with Gasteiger partial charge in [-0.15, -0.1) is 11.8 Å². The number of nitrogens with zero attached hydrogens (tertiary/aromatic N) is 1. The zero-order chi connectivity index (χ0) is 20.4. The molecule has 2 amide bonds. The number of furan rings is 1. The molecule has 148 valence electrons. The number of hydrogen-bond acceptors (Lipinski definition) is 4. The van der Waals surface area contributed by atoms with E-state index in [1.807, 2.05) is 73.3 Å². The van der Waals surface area contributed by atoms with E-state index in [2.05, 4.69) is 5.32 Å². The van der Waals surface area contributed by atoms with Crippen LogP contribution in [0.1, 0.15) is 38.2 Å². The van der Waals surface area contributed by atoms with Crippen LogP contribution in [0, 0.1) is 13.8 Å². The van der Waals surface area contributed by atoms with Crippen molar-refractivity contribution >= 4 is 29.3 Å². The lowest BCUT2D eigenvalue weighted by molar-refractivity contribution is -0.128. The molecule has 5 nitrogen and oxygen atoms in total. The van der Waals surface area contributed by atoms with Crippen LogP contribution in [0.3, 0.4) is 0 Å². The van der Waals surface area contributed by atoms with Crippen LogP contribution in [0.5, 0.6) is 0 Å². The normalized spacial score (nSPS) is 16.3. The zero-order valence-corrected chi connectivity index (χ0v) is 17.2. The molecule has 1 aliphatic rings. The lowest BCUT2D eigenvalue weighted by Crippen LogP contribution is -2.27. The van der Waals surface area contributed by atoms with Gasteiger partial charge in [0.1, 0.15) is 11.1 Å². The number of carbonyl (C=O) groups is 2. The fourth-order valence-electron chi connectivity index (χ4n) is 3.47. The van der Waals surface area contributed by atoms with Crippen LogP contribution >= 0.6 is 11.8 Å². The molecule has 1 saturated heterocycles. The van der Waals surface area contributed by atoms with Crippen LogP contribution in [0.2, 0.25) is 0 Å². The molecule has 0 saturated carbocycles. The van der Waals surface area contributed by atoms with Crippen molar-refractivity contribution in [3.63, 3.8) is 0 Å². The number of carbonyl (C=O) groups excluding carboxylic acids is 2. The first kappa shape index (κ1) is 19.3. The number of rotatable bonds is 5. The molecule has 2 aromatic carbocycles. The minimum atomic E-state index is -0.142. The van der Waals surface area contributed by atoms with Gasteiger partial charge in [0.25, 0.3) is 5.91 Å². The van der Waals surface area contributed by atoms with Gasteiger partial charge >= 0.3 is 0 Å². The third kappa shape index (κ3) is 4.07. The second kappa shape index (κ2) is 8.17. The minimum absolute atomic E-state index is 0.0803. The lowest BCUT2D eigenvalue weighted by atomic mass is 10.1. The fraction of sp³-hybridized carbons (Fsp3) is 0.217. The number of para-hydroxylation sites is 1. The van der Waals surface area contributed by atoms with E-state index in [0.717, 1.165) is 28.1 Å². The van der Waals surface area contributed by atoms with Crippen LogP contribution < -0.4 is 5.32 Å². The van der Waals surface area contributed by atoms with Crippen molar-refractivity contribution in [2.75, 3.05) is 11.1 Å². The summed E-state index contributed by atoms with van der Waals surface area (Å²) in [6, 6.07) is 17.1. The number of amides is 2. The smallest absolute Gasteiger partial charge is 0.255 e. The summed E-state index contributed by atoms with van der Waals surface area (Å²) in [5.41, 5.74) is 4.50. The maximum atomic E-state index is 12.7. The molecular weight excluding hydrogens is 384 g/mol. The second-order valence-electron chi connectivity index (χ2n) is 7.11. The molecule has 0 radical (unpaired) electrons. The van der Waals surface area contributed by atoms with Crippen molar-refractivity contribution in [1.29, 1.82) is 0 Å². The summed E-state index contributed by atoms with van der Waals surface area (Å²) in [5, 5.41) is 2.93. The number of benzene rings is 2. The molecule has 0 spiro atoms. The molecule has 1 N–H and O–H groups in total. The highest BCUT2D eigenvalue weighted by atomic mass is 32.2. The van der Waals surface area contributed by atoms with Gasteiger partial charge in [-0.1, -0.05) is 30.3 Å². The van der Waals surface area contributed by atoms with E-state index in [1.54, 1.807) is 18.0 Å². The molecule has 0 aliphatic carbocycles. The number of nitrogens with one attached hydrogen (secondary N) is 1. The Morgan fingerprint density at radius 2 is 1.83 bits per heavy atom.